The van der Waals surface area contributed by atoms with Crippen LogP contribution < -0.4 is 0 Å². The van der Waals surface area contributed by atoms with E-state index in [-0.39, 0.29) is 18.9 Å². The lowest BCUT2D eigenvalue weighted by Gasteiger charge is -2.23. The Bertz CT molecular complexity index is 865. The molecule has 0 amide bonds. The number of esters is 2. The number of ether oxygens (including phenoxy) is 3. The van der Waals surface area contributed by atoms with E-state index >= 15 is 0 Å². The first-order chi connectivity index (χ1) is 13.4. The van der Waals surface area contributed by atoms with Crippen LogP contribution in [0, 0.1) is 5.92 Å². The van der Waals surface area contributed by atoms with E-state index in [2.05, 4.69) is 0 Å². The molecular weight excluding hydrogens is 432 g/mol. The summed E-state index contributed by atoms with van der Waals surface area (Å²) in [4.78, 5) is 24.4. The van der Waals surface area contributed by atoms with E-state index < -0.39 is 73.5 Å². The highest BCUT2D eigenvalue weighted by atomic mass is 32.2. The van der Waals surface area contributed by atoms with E-state index in [4.69, 9.17) is 18.4 Å². The van der Waals surface area contributed by atoms with Crippen LogP contribution in [0.15, 0.2) is 0 Å². The van der Waals surface area contributed by atoms with Gasteiger partial charge in [-0.05, 0) is 18.8 Å². The first kappa shape index (κ1) is 22.4. The Kier molecular flexibility index (Phi) is 6.26. The van der Waals surface area contributed by atoms with Crippen LogP contribution in [0.2, 0.25) is 0 Å². The average Bonchev–Trinajstić information content (AvgIpc) is 3.21. The molecule has 2 bridgehead atoms. The minimum Gasteiger partial charge on any atom is -0.465 e. The maximum Gasteiger partial charge on any atom is 0.327 e. The van der Waals surface area contributed by atoms with Crippen LogP contribution >= 0.6 is 0 Å². The highest BCUT2D eigenvalue weighted by Gasteiger charge is 2.67. The largest absolute Gasteiger partial charge is 0.465 e. The summed E-state index contributed by atoms with van der Waals surface area (Å²) < 4.78 is 76.9. The Morgan fingerprint density at radius 3 is 2.59 bits per heavy atom. The van der Waals surface area contributed by atoms with Gasteiger partial charge in [0, 0.05) is 0 Å². The predicted octanol–water partition coefficient (Wildman–Crippen LogP) is -0.208. The summed E-state index contributed by atoms with van der Waals surface area (Å²) in [6.45, 7) is 3.86. The molecule has 0 radical (unpaired) electrons. The highest BCUT2D eigenvalue weighted by molar-refractivity contribution is 7.87. The summed E-state index contributed by atoms with van der Waals surface area (Å²) in [6, 6.07) is 0. The van der Waals surface area contributed by atoms with Gasteiger partial charge in [-0.15, -0.1) is 0 Å². The maximum atomic E-state index is 12.4. The molecule has 11 nitrogen and oxygen atoms in total. The van der Waals surface area contributed by atoms with E-state index in [1.807, 2.05) is 13.8 Å². The number of fused-ring (bicyclic) bond motifs is 1. The van der Waals surface area contributed by atoms with Gasteiger partial charge in [-0.25, -0.2) is 0 Å². The van der Waals surface area contributed by atoms with Gasteiger partial charge in [-0.1, -0.05) is 20.3 Å². The van der Waals surface area contributed by atoms with Gasteiger partial charge in [-0.2, -0.15) is 16.8 Å². The van der Waals surface area contributed by atoms with E-state index in [9.17, 15) is 31.0 Å². The Morgan fingerprint density at radius 1 is 1.28 bits per heavy atom. The van der Waals surface area contributed by atoms with Gasteiger partial charge in [0.25, 0.3) is 20.2 Å². The first-order valence-electron chi connectivity index (χ1n) is 9.34. The van der Waals surface area contributed by atoms with Gasteiger partial charge < -0.3 is 14.2 Å². The summed E-state index contributed by atoms with van der Waals surface area (Å²) in [5.74, 6) is -2.31. The van der Waals surface area contributed by atoms with Crippen LogP contribution in [0.4, 0.5) is 0 Å². The van der Waals surface area contributed by atoms with Gasteiger partial charge in [0.2, 0.25) is 0 Å². The molecule has 7 atom stereocenters. The molecule has 3 aliphatic rings. The zero-order valence-corrected chi connectivity index (χ0v) is 17.6. The normalized spacial score (nSPS) is 34.0. The van der Waals surface area contributed by atoms with Crippen LogP contribution in [0.5, 0.6) is 0 Å². The molecule has 29 heavy (non-hydrogen) atoms. The SMILES string of the molecule is CCCC(C)COC(=O)CC(C(=O)OC1C2CC3C(O2)C1OS3(=O)=O)S(=O)(=O)O. The number of rotatable bonds is 9. The van der Waals surface area contributed by atoms with Crippen molar-refractivity contribution in [2.45, 2.75) is 74.4 Å². The van der Waals surface area contributed by atoms with Crippen molar-refractivity contribution in [1.82, 2.24) is 0 Å². The van der Waals surface area contributed by atoms with Crippen molar-refractivity contribution in [2.24, 2.45) is 5.92 Å². The minimum absolute atomic E-state index is 0.0509. The van der Waals surface area contributed by atoms with Crippen LogP contribution in [-0.2, 0) is 48.2 Å². The second-order valence-electron chi connectivity index (χ2n) is 7.65. The standard InChI is InChI=1S/C16H24O11S2/c1-3-4-8(2)7-24-12(17)6-11(28(19,20)21)16(18)26-13-9-5-10-14(25-9)15(13)27-29(10,22)23/h8-11,13-15H,3-7H2,1-2H3,(H,19,20,21). The van der Waals surface area contributed by atoms with Crippen molar-refractivity contribution in [3.05, 3.63) is 0 Å². The van der Waals surface area contributed by atoms with Crippen molar-refractivity contribution < 1.29 is 49.4 Å². The van der Waals surface area contributed by atoms with Crippen molar-refractivity contribution in [3.8, 4) is 0 Å². The molecule has 7 unspecified atom stereocenters. The second-order valence-corrected chi connectivity index (χ2v) is 11.0. The van der Waals surface area contributed by atoms with Gasteiger partial charge >= 0.3 is 11.9 Å². The van der Waals surface area contributed by atoms with Crippen molar-refractivity contribution >= 4 is 32.2 Å². The minimum atomic E-state index is -4.97. The summed E-state index contributed by atoms with van der Waals surface area (Å²) in [6.07, 6.45) is -2.98. The lowest BCUT2D eigenvalue weighted by atomic mass is 9.94. The van der Waals surface area contributed by atoms with Crippen LogP contribution in [0.25, 0.3) is 0 Å². The van der Waals surface area contributed by atoms with Crippen LogP contribution in [0.3, 0.4) is 0 Å². The Labute approximate surface area is 168 Å². The molecule has 166 valence electrons. The van der Waals surface area contributed by atoms with Gasteiger partial charge in [0.15, 0.2) is 11.4 Å². The molecule has 0 aromatic heterocycles. The fourth-order valence-corrected chi connectivity index (χ4v) is 6.20. The van der Waals surface area contributed by atoms with Crippen molar-refractivity contribution in [2.75, 3.05) is 6.61 Å². The number of carbonyl (C=O) groups is 2. The van der Waals surface area contributed by atoms with Crippen molar-refractivity contribution in [1.29, 1.82) is 0 Å². The number of carbonyl (C=O) groups excluding carboxylic acids is 2. The van der Waals surface area contributed by atoms with Crippen molar-refractivity contribution in [3.63, 3.8) is 0 Å². The van der Waals surface area contributed by atoms with Gasteiger partial charge in [0.1, 0.15) is 17.5 Å². The Morgan fingerprint density at radius 2 is 1.97 bits per heavy atom. The topological polar surface area (TPSA) is 160 Å². The number of hydrogen-bond donors (Lipinski definition) is 1. The van der Waals surface area contributed by atoms with Gasteiger partial charge in [0.05, 0.1) is 19.1 Å². The molecule has 3 rings (SSSR count). The molecule has 0 saturated carbocycles. The van der Waals surface area contributed by atoms with E-state index in [0.29, 0.717) is 0 Å². The molecule has 3 saturated heterocycles. The smallest absolute Gasteiger partial charge is 0.327 e. The summed E-state index contributed by atoms with van der Waals surface area (Å²) in [7, 11) is -8.82. The summed E-state index contributed by atoms with van der Waals surface area (Å²) in [5.41, 5.74) is 0. The molecule has 0 aromatic rings. The second kappa shape index (κ2) is 8.10. The third-order valence-electron chi connectivity index (χ3n) is 5.33. The van der Waals surface area contributed by atoms with E-state index in [1.54, 1.807) is 0 Å². The lowest BCUT2D eigenvalue weighted by molar-refractivity contribution is -0.157. The third kappa shape index (κ3) is 4.58. The fourth-order valence-electron chi connectivity index (χ4n) is 3.91. The molecule has 0 spiro atoms. The molecule has 0 aromatic carbocycles. The Hall–Kier alpha value is -1.28. The quantitative estimate of drug-likeness (QED) is 0.278. The monoisotopic (exact) mass is 456 g/mol. The van der Waals surface area contributed by atoms with Crippen LogP contribution in [0.1, 0.15) is 39.5 Å². The first-order valence-corrected chi connectivity index (χ1v) is 12.3. The Balaban J connectivity index is 1.63. The zero-order chi connectivity index (χ0) is 21.6. The van der Waals surface area contributed by atoms with Gasteiger partial charge in [-0.3, -0.25) is 18.3 Å². The third-order valence-corrected chi connectivity index (χ3v) is 8.10. The highest BCUT2D eigenvalue weighted by Crippen LogP contribution is 2.47. The lowest BCUT2D eigenvalue weighted by Crippen LogP contribution is -2.45. The molecular formula is C16H24O11S2. The summed E-state index contributed by atoms with van der Waals surface area (Å²) >= 11 is 0. The molecule has 3 heterocycles. The molecule has 1 N–H and O–H groups in total. The number of hydrogen-bond acceptors (Lipinski definition) is 10. The fraction of sp³-hybridized carbons (Fsp3) is 0.875. The molecule has 3 aliphatic heterocycles. The molecule has 0 aliphatic carbocycles. The average molecular weight is 456 g/mol. The zero-order valence-electron chi connectivity index (χ0n) is 15.9. The molecule has 3 fully saturated rings. The predicted molar refractivity (Wildman–Crippen MR) is 95.7 cm³/mol. The van der Waals surface area contributed by atoms with E-state index in [0.717, 1.165) is 12.8 Å². The summed E-state index contributed by atoms with van der Waals surface area (Å²) in [5, 5.41) is -3.03. The maximum absolute atomic E-state index is 12.4. The van der Waals surface area contributed by atoms with E-state index in [1.165, 1.54) is 0 Å². The molecule has 13 heteroatoms. The van der Waals surface area contributed by atoms with Crippen LogP contribution in [-0.4, -0.2) is 74.8 Å².